The molecule has 126 valence electrons. The summed E-state index contributed by atoms with van der Waals surface area (Å²) in [6.07, 6.45) is 2.05. The number of amides is 1. The fraction of sp³-hybridized carbons (Fsp3) is 0.421. The van der Waals surface area contributed by atoms with Crippen molar-refractivity contribution < 1.29 is 4.79 Å². The van der Waals surface area contributed by atoms with E-state index in [1.165, 1.54) is 16.3 Å². The predicted molar refractivity (Wildman–Crippen MR) is 93.6 cm³/mol. The van der Waals surface area contributed by atoms with Crippen molar-refractivity contribution in [2.24, 2.45) is 5.92 Å². The molecule has 0 atom stereocenters. The number of hydrogen-bond donors (Lipinski definition) is 0. The lowest BCUT2D eigenvalue weighted by Gasteiger charge is -2.30. The molecule has 0 spiro atoms. The SMILES string of the molecule is Cc1ccc(-c2ccc(=O)n(CC(=O)N3CCC(C)CC3)n2)cc1. The number of carbonyl (C=O) groups is 1. The van der Waals surface area contributed by atoms with Gasteiger partial charge in [-0.1, -0.05) is 36.8 Å². The Hall–Kier alpha value is -2.43. The van der Waals surface area contributed by atoms with E-state index in [4.69, 9.17) is 0 Å². The molecule has 1 amide bonds. The Morgan fingerprint density at radius 3 is 2.46 bits per heavy atom. The van der Waals surface area contributed by atoms with Crippen LogP contribution in [-0.2, 0) is 11.3 Å². The van der Waals surface area contributed by atoms with E-state index in [1.807, 2.05) is 36.1 Å². The molecule has 5 heteroatoms. The fourth-order valence-electron chi connectivity index (χ4n) is 2.93. The minimum absolute atomic E-state index is 0.00686. The molecule has 5 nitrogen and oxygen atoms in total. The number of nitrogens with zero attached hydrogens (tertiary/aromatic N) is 3. The van der Waals surface area contributed by atoms with Crippen molar-refractivity contribution >= 4 is 5.91 Å². The van der Waals surface area contributed by atoms with Gasteiger partial charge >= 0.3 is 0 Å². The molecule has 2 aromatic rings. The van der Waals surface area contributed by atoms with Crippen LogP contribution >= 0.6 is 0 Å². The number of aryl methyl sites for hydroxylation is 1. The molecule has 24 heavy (non-hydrogen) atoms. The lowest BCUT2D eigenvalue weighted by molar-refractivity contribution is -0.133. The van der Waals surface area contributed by atoms with Crippen LogP contribution in [0.1, 0.15) is 25.3 Å². The van der Waals surface area contributed by atoms with Gasteiger partial charge in [0.25, 0.3) is 5.56 Å². The predicted octanol–water partition coefficient (Wildman–Crippen LogP) is 2.48. The maximum atomic E-state index is 12.4. The Labute approximate surface area is 141 Å². The summed E-state index contributed by atoms with van der Waals surface area (Å²) in [6, 6.07) is 11.1. The number of benzene rings is 1. The van der Waals surface area contributed by atoms with Gasteiger partial charge in [-0.15, -0.1) is 0 Å². The van der Waals surface area contributed by atoms with Gasteiger partial charge in [-0.2, -0.15) is 5.10 Å². The summed E-state index contributed by atoms with van der Waals surface area (Å²) in [5.41, 5.74) is 2.56. The largest absolute Gasteiger partial charge is 0.341 e. The van der Waals surface area contributed by atoms with Gasteiger partial charge in [-0.3, -0.25) is 9.59 Å². The molecule has 0 radical (unpaired) electrons. The van der Waals surface area contributed by atoms with E-state index in [0.29, 0.717) is 11.6 Å². The molecule has 0 aliphatic carbocycles. The number of likely N-dealkylation sites (tertiary alicyclic amines) is 1. The van der Waals surface area contributed by atoms with Crippen molar-refractivity contribution in [2.75, 3.05) is 13.1 Å². The molecule has 2 heterocycles. The average Bonchev–Trinajstić information content (AvgIpc) is 2.58. The van der Waals surface area contributed by atoms with E-state index in [9.17, 15) is 9.59 Å². The number of carbonyl (C=O) groups excluding carboxylic acids is 1. The Morgan fingerprint density at radius 1 is 1.12 bits per heavy atom. The first-order valence-corrected chi connectivity index (χ1v) is 8.46. The van der Waals surface area contributed by atoms with Crippen LogP contribution in [0.15, 0.2) is 41.2 Å². The summed E-state index contributed by atoms with van der Waals surface area (Å²) in [5, 5.41) is 4.38. The Bertz CT molecular complexity index is 772. The molecular weight excluding hydrogens is 302 g/mol. The van der Waals surface area contributed by atoms with Crippen molar-refractivity contribution in [1.29, 1.82) is 0 Å². The Morgan fingerprint density at radius 2 is 1.79 bits per heavy atom. The molecule has 1 fully saturated rings. The van der Waals surface area contributed by atoms with Gasteiger partial charge in [0.15, 0.2) is 0 Å². The van der Waals surface area contributed by atoms with Crippen molar-refractivity contribution in [3.8, 4) is 11.3 Å². The van der Waals surface area contributed by atoms with Gasteiger partial charge in [-0.25, -0.2) is 4.68 Å². The second-order valence-corrected chi connectivity index (χ2v) is 6.64. The lowest BCUT2D eigenvalue weighted by atomic mass is 9.99. The normalized spacial score (nSPS) is 15.5. The van der Waals surface area contributed by atoms with Crippen LogP contribution in [0.3, 0.4) is 0 Å². The van der Waals surface area contributed by atoms with Crippen LogP contribution < -0.4 is 5.56 Å². The maximum Gasteiger partial charge on any atom is 0.267 e. The molecule has 0 saturated carbocycles. The fourth-order valence-corrected chi connectivity index (χ4v) is 2.93. The zero-order valence-corrected chi connectivity index (χ0v) is 14.2. The highest BCUT2D eigenvalue weighted by atomic mass is 16.2. The Kier molecular flexibility index (Phi) is 4.79. The maximum absolute atomic E-state index is 12.4. The molecule has 0 bridgehead atoms. The van der Waals surface area contributed by atoms with Crippen molar-refractivity contribution in [2.45, 2.75) is 33.2 Å². The van der Waals surface area contributed by atoms with E-state index in [-0.39, 0.29) is 18.0 Å². The summed E-state index contributed by atoms with van der Waals surface area (Å²) in [4.78, 5) is 26.3. The van der Waals surface area contributed by atoms with Crippen molar-refractivity contribution in [3.05, 3.63) is 52.3 Å². The summed E-state index contributed by atoms with van der Waals surface area (Å²) in [7, 11) is 0. The zero-order chi connectivity index (χ0) is 17.1. The monoisotopic (exact) mass is 325 g/mol. The van der Waals surface area contributed by atoms with Crippen LogP contribution in [0.2, 0.25) is 0 Å². The summed E-state index contributed by atoms with van der Waals surface area (Å²) < 4.78 is 1.27. The third-order valence-corrected chi connectivity index (χ3v) is 4.64. The number of hydrogen-bond acceptors (Lipinski definition) is 3. The molecule has 1 saturated heterocycles. The minimum Gasteiger partial charge on any atom is -0.341 e. The van der Waals surface area contributed by atoms with Gasteiger partial charge in [-0.05, 0) is 31.7 Å². The number of piperidine rings is 1. The van der Waals surface area contributed by atoms with Crippen LogP contribution in [0.4, 0.5) is 0 Å². The van der Waals surface area contributed by atoms with E-state index in [1.54, 1.807) is 6.07 Å². The summed E-state index contributed by atoms with van der Waals surface area (Å²) in [6.45, 7) is 5.78. The first kappa shape index (κ1) is 16.4. The molecular formula is C19H23N3O2. The smallest absolute Gasteiger partial charge is 0.267 e. The van der Waals surface area contributed by atoms with Crippen LogP contribution in [0.5, 0.6) is 0 Å². The van der Waals surface area contributed by atoms with Crippen LogP contribution in [0.25, 0.3) is 11.3 Å². The highest BCUT2D eigenvalue weighted by Gasteiger charge is 2.21. The molecule has 0 unspecified atom stereocenters. The zero-order valence-electron chi connectivity index (χ0n) is 14.2. The van der Waals surface area contributed by atoms with Crippen LogP contribution in [-0.4, -0.2) is 33.7 Å². The van der Waals surface area contributed by atoms with Gasteiger partial charge in [0.05, 0.1) is 5.69 Å². The third-order valence-electron chi connectivity index (χ3n) is 4.64. The molecule has 0 N–H and O–H groups in total. The lowest BCUT2D eigenvalue weighted by Crippen LogP contribution is -2.41. The van der Waals surface area contributed by atoms with Gasteiger partial charge in [0, 0.05) is 24.7 Å². The van der Waals surface area contributed by atoms with Gasteiger partial charge < -0.3 is 4.90 Å². The van der Waals surface area contributed by atoms with E-state index < -0.39 is 0 Å². The molecule has 1 aromatic heterocycles. The highest BCUT2D eigenvalue weighted by Crippen LogP contribution is 2.17. The first-order valence-electron chi connectivity index (χ1n) is 8.46. The first-order chi connectivity index (χ1) is 11.5. The van der Waals surface area contributed by atoms with E-state index >= 15 is 0 Å². The highest BCUT2D eigenvalue weighted by molar-refractivity contribution is 5.76. The van der Waals surface area contributed by atoms with E-state index in [2.05, 4.69) is 12.0 Å². The molecule has 3 rings (SSSR count). The van der Waals surface area contributed by atoms with Gasteiger partial charge in [0.2, 0.25) is 5.91 Å². The van der Waals surface area contributed by atoms with Crippen molar-refractivity contribution in [1.82, 2.24) is 14.7 Å². The minimum atomic E-state index is -0.246. The summed E-state index contributed by atoms with van der Waals surface area (Å²) >= 11 is 0. The second kappa shape index (κ2) is 6.99. The number of rotatable bonds is 3. The summed E-state index contributed by atoms with van der Waals surface area (Å²) in [5.74, 6) is 0.636. The van der Waals surface area contributed by atoms with Crippen LogP contribution in [0, 0.1) is 12.8 Å². The molecule has 1 aliphatic rings. The van der Waals surface area contributed by atoms with Crippen molar-refractivity contribution in [3.63, 3.8) is 0 Å². The number of aromatic nitrogens is 2. The molecule has 1 aliphatic heterocycles. The van der Waals surface area contributed by atoms with Gasteiger partial charge in [0.1, 0.15) is 6.54 Å². The standard InChI is InChI=1S/C19H23N3O2/c1-14-3-5-16(6-4-14)17-7-8-18(23)22(20-17)13-19(24)21-11-9-15(2)10-12-21/h3-8,15H,9-13H2,1-2H3. The third kappa shape index (κ3) is 3.72. The topological polar surface area (TPSA) is 55.2 Å². The molecule has 1 aromatic carbocycles. The van der Waals surface area contributed by atoms with E-state index in [0.717, 1.165) is 31.5 Å². The Balaban J connectivity index is 1.78. The average molecular weight is 325 g/mol. The second-order valence-electron chi connectivity index (χ2n) is 6.64. The quantitative estimate of drug-likeness (QED) is 0.871.